The average Bonchev–Trinajstić information content (AvgIpc) is 3.92. The summed E-state index contributed by atoms with van der Waals surface area (Å²) in [4.78, 5) is 10.1. The Morgan fingerprint density at radius 1 is 0.634 bits per heavy atom. The fourth-order valence-corrected chi connectivity index (χ4v) is 13.1. The molecule has 363 valence electrons. The largest absolute Gasteiger partial charge is 0.501 e. The van der Waals surface area contributed by atoms with Gasteiger partial charge in [-0.1, -0.05) is 114 Å². The zero-order valence-electron chi connectivity index (χ0n) is 43.5. The number of fused-ring (bicyclic) bond motifs is 4. The molecule has 0 spiro atoms. The molecule has 0 saturated heterocycles. The van der Waals surface area contributed by atoms with Crippen molar-refractivity contribution in [1.29, 1.82) is 0 Å². The van der Waals surface area contributed by atoms with Crippen LogP contribution in [0.2, 0.25) is 17.3 Å². The van der Waals surface area contributed by atoms with E-state index in [2.05, 4.69) is 242 Å². The third kappa shape index (κ3) is 10.8. The molecule has 1 radical (unpaired) electrons. The molecule has 6 heteroatoms. The average molecular weight is 1170 g/mol. The summed E-state index contributed by atoms with van der Waals surface area (Å²) in [6.45, 7) is 20.4. The molecule has 0 fully saturated rings. The van der Waals surface area contributed by atoms with E-state index in [1.807, 2.05) is 12.1 Å². The first-order chi connectivity index (χ1) is 33.5. The number of benzene rings is 7. The first-order valence-corrected chi connectivity index (χ1v) is 32.5. The smallest absolute Gasteiger partial charge is 0.121 e. The van der Waals surface area contributed by atoms with Crippen LogP contribution in [0.1, 0.15) is 96.4 Å². The third-order valence-corrected chi connectivity index (χ3v) is 17.8. The standard InChI is InChI=1S/C41H39N2O.C24H28GeN.Ir/c1-25(2)33-22-28(27-14-9-8-10-15-27)23-34(26(3)4)38(33)43-36-19-12-11-18-35(36)42-40(43)32-17-13-16-31-30-21-20-29(41(5,6)7)24-37(30)44-39(31)32;1-18(2)14-22-16-24(26-17-23(22)25(3,4)5)21-13-9-12-20(15-21)19-10-7-6-8-11-19;/h8-16,18-26H,1-7H3;6-12,15-18H,14H2,1-5H3;/q2*-1;. The molecule has 0 atom stereocenters. The van der Waals surface area contributed by atoms with Gasteiger partial charge in [-0.3, -0.25) is 4.98 Å². The van der Waals surface area contributed by atoms with Crippen molar-refractivity contribution in [2.45, 2.75) is 103 Å². The second-order valence-corrected chi connectivity index (χ2v) is 32.6. The molecule has 3 heterocycles. The van der Waals surface area contributed by atoms with Gasteiger partial charge in [-0.15, -0.1) is 18.2 Å². The number of furan rings is 1. The Morgan fingerprint density at radius 2 is 1.25 bits per heavy atom. The number of rotatable bonds is 10. The second-order valence-electron chi connectivity index (χ2n) is 22.0. The molecule has 0 saturated carbocycles. The summed E-state index contributed by atoms with van der Waals surface area (Å²) < 4.78 is 10.6. The van der Waals surface area contributed by atoms with Gasteiger partial charge >= 0.3 is 161 Å². The summed E-state index contributed by atoms with van der Waals surface area (Å²) in [5.41, 5.74) is 18.2. The molecule has 10 rings (SSSR count). The van der Waals surface area contributed by atoms with Crippen molar-refractivity contribution in [2.75, 3.05) is 0 Å². The van der Waals surface area contributed by atoms with Gasteiger partial charge < -0.3 is 8.98 Å². The van der Waals surface area contributed by atoms with Gasteiger partial charge in [0.05, 0.1) is 22.4 Å². The number of pyridine rings is 1. The van der Waals surface area contributed by atoms with Crippen molar-refractivity contribution in [1.82, 2.24) is 14.5 Å². The molecule has 0 aliphatic carbocycles. The molecule has 0 bridgehead atoms. The quantitative estimate of drug-likeness (QED) is 0.101. The monoisotopic (exact) mass is 1170 g/mol. The SMILES string of the molecule is CC(C)Cc1cc(-c2[c-]ccc(-c3ccccc3)c2)nc[c]1[Ge]([CH3])([CH3])[CH3].CC(C)c1cc(-c2ccccc2)cc(C(C)C)c1-n1c(-c2[c-]ccc3c2oc2cc(C(C)(C)C)ccc23)nc2ccccc21.[Ir]. The molecule has 0 N–H and O–H groups in total. The van der Waals surface area contributed by atoms with E-state index in [0.29, 0.717) is 17.8 Å². The zero-order chi connectivity index (χ0) is 49.5. The van der Waals surface area contributed by atoms with E-state index >= 15 is 0 Å². The molecule has 4 nitrogen and oxygen atoms in total. The summed E-state index contributed by atoms with van der Waals surface area (Å²) >= 11 is -1.93. The van der Waals surface area contributed by atoms with Gasteiger partial charge in [-0.25, -0.2) is 0 Å². The summed E-state index contributed by atoms with van der Waals surface area (Å²) in [5.74, 6) is 9.43. The van der Waals surface area contributed by atoms with Crippen LogP contribution in [-0.4, -0.2) is 27.8 Å². The Bertz CT molecular complexity index is 3430. The zero-order valence-corrected chi connectivity index (χ0v) is 48.0. The van der Waals surface area contributed by atoms with E-state index < -0.39 is 13.3 Å². The molecule has 0 amide bonds. The number of hydrogen-bond acceptors (Lipinski definition) is 3. The van der Waals surface area contributed by atoms with Crippen molar-refractivity contribution in [3.05, 3.63) is 192 Å². The van der Waals surface area contributed by atoms with Crippen LogP contribution < -0.4 is 4.40 Å². The van der Waals surface area contributed by atoms with Crippen LogP contribution in [0.5, 0.6) is 0 Å². The Hall–Kier alpha value is -5.85. The van der Waals surface area contributed by atoms with E-state index in [4.69, 9.17) is 14.4 Å². The van der Waals surface area contributed by atoms with Gasteiger partial charge in [0.1, 0.15) is 5.58 Å². The number of hydrogen-bond donors (Lipinski definition) is 0. The Morgan fingerprint density at radius 3 is 1.87 bits per heavy atom. The summed E-state index contributed by atoms with van der Waals surface area (Å²) in [6, 6.07) is 60.7. The summed E-state index contributed by atoms with van der Waals surface area (Å²) in [7, 11) is 0. The van der Waals surface area contributed by atoms with Crippen LogP contribution in [0.25, 0.3) is 83.6 Å². The van der Waals surface area contributed by atoms with Gasteiger partial charge in [0, 0.05) is 31.2 Å². The van der Waals surface area contributed by atoms with Crippen LogP contribution in [0.3, 0.4) is 0 Å². The Kier molecular flexibility index (Phi) is 15.3. The molecule has 3 aromatic heterocycles. The minimum absolute atomic E-state index is 0. The first kappa shape index (κ1) is 51.5. The van der Waals surface area contributed by atoms with E-state index in [1.165, 1.54) is 54.6 Å². The van der Waals surface area contributed by atoms with Crippen LogP contribution in [0.15, 0.2) is 162 Å². The molecule has 7 aromatic carbocycles. The predicted molar refractivity (Wildman–Crippen MR) is 300 cm³/mol. The maximum absolute atomic E-state index is 6.71. The van der Waals surface area contributed by atoms with E-state index in [9.17, 15) is 0 Å². The molecule has 0 aliphatic rings. The van der Waals surface area contributed by atoms with Gasteiger partial charge in [-0.05, 0) is 75.4 Å². The van der Waals surface area contributed by atoms with E-state index in [0.717, 1.165) is 62.0 Å². The Balaban J connectivity index is 0.000000214. The molecule has 71 heavy (non-hydrogen) atoms. The van der Waals surface area contributed by atoms with E-state index in [-0.39, 0.29) is 25.5 Å². The van der Waals surface area contributed by atoms with Crippen LogP contribution >= 0.6 is 0 Å². The fraction of sp³-hybridized carbons (Fsp3) is 0.262. The van der Waals surface area contributed by atoms with Crippen molar-refractivity contribution in [3.63, 3.8) is 0 Å². The molecular weight excluding hydrogens is 1100 g/mol. The van der Waals surface area contributed by atoms with E-state index in [1.54, 1.807) is 0 Å². The van der Waals surface area contributed by atoms with Gasteiger partial charge in [0.25, 0.3) is 0 Å². The van der Waals surface area contributed by atoms with Crippen LogP contribution in [0.4, 0.5) is 0 Å². The number of aromatic nitrogens is 3. The predicted octanol–water partition coefficient (Wildman–Crippen LogP) is 17.6. The second kappa shape index (κ2) is 21.1. The Labute approximate surface area is 438 Å². The van der Waals surface area contributed by atoms with Gasteiger partial charge in [0.15, 0.2) is 0 Å². The van der Waals surface area contributed by atoms with Crippen molar-refractivity contribution in [2.24, 2.45) is 5.92 Å². The van der Waals surface area contributed by atoms with Gasteiger partial charge in [-0.2, -0.15) is 0 Å². The first-order valence-electron chi connectivity index (χ1n) is 25.1. The van der Waals surface area contributed by atoms with Crippen molar-refractivity contribution < 1.29 is 24.5 Å². The topological polar surface area (TPSA) is 43.9 Å². The molecule has 0 aliphatic heterocycles. The normalized spacial score (nSPS) is 12.0. The number of nitrogens with zero attached hydrogens (tertiary/aromatic N) is 3. The molecule has 10 aromatic rings. The number of imidazole rings is 1. The van der Waals surface area contributed by atoms with Crippen molar-refractivity contribution in [3.8, 4) is 50.6 Å². The third-order valence-electron chi connectivity index (χ3n) is 13.4. The fourth-order valence-electron chi connectivity index (χ4n) is 9.76. The minimum Gasteiger partial charge on any atom is -0.501 e. The molecule has 0 unspecified atom stereocenters. The number of para-hydroxylation sites is 2. The van der Waals surface area contributed by atoms with Crippen molar-refractivity contribution >= 4 is 50.6 Å². The summed E-state index contributed by atoms with van der Waals surface area (Å²) in [5, 5.41) is 2.20. The maximum atomic E-state index is 6.71. The molecular formula is C65H67GeIrN3O-2. The van der Waals surface area contributed by atoms with Gasteiger partial charge in [0.2, 0.25) is 0 Å². The summed E-state index contributed by atoms with van der Waals surface area (Å²) in [6.07, 6.45) is 3.27. The maximum Gasteiger partial charge on any atom is 0.121 e. The van der Waals surface area contributed by atoms with Crippen LogP contribution in [-0.2, 0) is 31.9 Å². The minimum atomic E-state index is -1.93. The van der Waals surface area contributed by atoms with Crippen LogP contribution in [0, 0.1) is 18.1 Å².